The molecule has 11 heteroatoms. The zero-order valence-corrected chi connectivity index (χ0v) is 16.3. The smallest absolute Gasteiger partial charge is 0.315 e. The van der Waals surface area contributed by atoms with Gasteiger partial charge in [-0.1, -0.05) is 36.6 Å². The van der Waals surface area contributed by atoms with E-state index in [1.165, 1.54) is 24.6 Å². The van der Waals surface area contributed by atoms with E-state index in [1.807, 2.05) is 0 Å². The fraction of sp³-hybridized carbons (Fsp3) is 0.474. The topological polar surface area (TPSA) is 149 Å². The van der Waals surface area contributed by atoms with Crippen molar-refractivity contribution < 1.29 is 23.8 Å². The highest BCUT2D eigenvalue weighted by Crippen LogP contribution is 2.30. The first-order chi connectivity index (χ1) is 14.5. The van der Waals surface area contributed by atoms with E-state index in [4.69, 9.17) is 9.26 Å². The molecule has 1 aliphatic carbocycles. The summed E-state index contributed by atoms with van der Waals surface area (Å²) in [4.78, 5) is 38.4. The number of aromatic nitrogens is 2. The van der Waals surface area contributed by atoms with Crippen molar-refractivity contribution in [3.8, 4) is 5.75 Å². The average Bonchev–Trinajstić information content (AvgIpc) is 3.26. The summed E-state index contributed by atoms with van der Waals surface area (Å²) in [6.45, 7) is -0.0845. The van der Waals surface area contributed by atoms with E-state index >= 15 is 0 Å². The van der Waals surface area contributed by atoms with E-state index < -0.39 is 16.7 Å². The number of ether oxygens (including phenoxy) is 1. The number of hydrogen-bond acceptors (Lipinski definition) is 8. The van der Waals surface area contributed by atoms with Gasteiger partial charge in [0.15, 0.2) is 18.2 Å². The molecule has 11 nitrogen and oxygen atoms in total. The van der Waals surface area contributed by atoms with Gasteiger partial charge in [-0.25, -0.2) is 0 Å². The van der Waals surface area contributed by atoms with Crippen molar-refractivity contribution in [3.05, 3.63) is 46.1 Å². The highest BCUT2D eigenvalue weighted by atomic mass is 16.6. The van der Waals surface area contributed by atoms with E-state index in [-0.39, 0.29) is 42.9 Å². The Balaban J connectivity index is 1.36. The minimum Gasteiger partial charge on any atom is -0.477 e. The summed E-state index contributed by atoms with van der Waals surface area (Å²) in [7, 11) is 0. The number of carbonyl (C=O) groups is 2. The van der Waals surface area contributed by atoms with Gasteiger partial charge in [-0.2, -0.15) is 4.98 Å². The average molecular weight is 417 g/mol. The fourth-order valence-corrected chi connectivity index (χ4v) is 3.23. The summed E-state index contributed by atoms with van der Waals surface area (Å²) in [5.41, 5.74) is -0.218. The Morgan fingerprint density at radius 3 is 2.67 bits per heavy atom. The van der Waals surface area contributed by atoms with Crippen LogP contribution in [0.3, 0.4) is 0 Å². The van der Waals surface area contributed by atoms with Gasteiger partial charge < -0.3 is 19.9 Å². The lowest BCUT2D eigenvalue weighted by atomic mass is 9.89. The zero-order chi connectivity index (χ0) is 21.3. The van der Waals surface area contributed by atoms with Gasteiger partial charge in [0.25, 0.3) is 5.91 Å². The van der Waals surface area contributed by atoms with Crippen molar-refractivity contribution >= 4 is 17.5 Å². The van der Waals surface area contributed by atoms with Crippen LogP contribution in [-0.4, -0.2) is 46.6 Å². The van der Waals surface area contributed by atoms with Crippen molar-refractivity contribution in [2.24, 2.45) is 0 Å². The molecule has 2 amide bonds. The highest BCUT2D eigenvalue weighted by Gasteiger charge is 2.23. The Kier molecular flexibility index (Phi) is 7.30. The van der Waals surface area contributed by atoms with Crippen LogP contribution in [-0.2, 0) is 4.79 Å². The lowest BCUT2D eigenvalue weighted by Crippen LogP contribution is -2.36. The first kappa shape index (κ1) is 21.2. The molecule has 1 aromatic carbocycles. The number of carbonyl (C=O) groups excluding carboxylic acids is 2. The summed E-state index contributed by atoms with van der Waals surface area (Å²) < 4.78 is 10.2. The first-order valence-electron chi connectivity index (χ1n) is 9.79. The van der Waals surface area contributed by atoms with Crippen molar-refractivity contribution in [2.75, 3.05) is 19.7 Å². The second kappa shape index (κ2) is 10.3. The first-order valence-corrected chi connectivity index (χ1v) is 9.79. The molecule has 0 radical (unpaired) electrons. The number of rotatable bonds is 9. The van der Waals surface area contributed by atoms with Crippen molar-refractivity contribution in [1.82, 2.24) is 20.8 Å². The van der Waals surface area contributed by atoms with Gasteiger partial charge in [0.1, 0.15) is 0 Å². The molecule has 0 atom stereocenters. The summed E-state index contributed by atoms with van der Waals surface area (Å²) in [6, 6.07) is 5.79. The Labute approximate surface area is 172 Å². The van der Waals surface area contributed by atoms with Crippen molar-refractivity contribution in [3.63, 3.8) is 0 Å². The SMILES string of the molecule is O=C(COc1ccccc1[N+](=O)[O-])NCCNC(=O)c1nc(C2CCCCC2)no1. The minimum absolute atomic E-state index is 0.0103. The third-order valence-electron chi connectivity index (χ3n) is 4.76. The third-order valence-corrected chi connectivity index (χ3v) is 4.76. The molecule has 1 fully saturated rings. The largest absolute Gasteiger partial charge is 0.477 e. The number of hydrogen-bond donors (Lipinski definition) is 2. The Morgan fingerprint density at radius 2 is 1.90 bits per heavy atom. The summed E-state index contributed by atoms with van der Waals surface area (Å²) in [5, 5.41) is 20.0. The van der Waals surface area contributed by atoms with Gasteiger partial charge in [0.05, 0.1) is 4.92 Å². The van der Waals surface area contributed by atoms with Gasteiger partial charge in [-0.05, 0) is 18.9 Å². The minimum atomic E-state index is -0.583. The third kappa shape index (κ3) is 5.75. The number of amides is 2. The predicted octanol–water partition coefficient (Wildman–Crippen LogP) is 1.95. The molecule has 1 saturated carbocycles. The summed E-state index contributed by atoms with van der Waals surface area (Å²) in [6.07, 6.45) is 5.46. The molecule has 2 N–H and O–H groups in total. The molecule has 0 spiro atoms. The van der Waals surface area contributed by atoms with Crippen LogP contribution in [0.15, 0.2) is 28.8 Å². The Hall–Kier alpha value is -3.50. The summed E-state index contributed by atoms with van der Waals surface area (Å²) >= 11 is 0. The molecule has 0 aliphatic heterocycles. The molecule has 160 valence electrons. The maximum atomic E-state index is 12.1. The molecule has 0 unspecified atom stereocenters. The molecule has 1 heterocycles. The van der Waals surface area contributed by atoms with Gasteiger partial charge >= 0.3 is 17.5 Å². The molecule has 1 aliphatic rings. The monoisotopic (exact) mass is 417 g/mol. The van der Waals surface area contributed by atoms with Gasteiger partial charge in [-0.3, -0.25) is 19.7 Å². The maximum Gasteiger partial charge on any atom is 0.315 e. The van der Waals surface area contributed by atoms with Gasteiger partial charge in [0, 0.05) is 25.1 Å². The van der Waals surface area contributed by atoms with E-state index in [2.05, 4.69) is 20.8 Å². The number of nitro benzene ring substituents is 1. The quantitative estimate of drug-likeness (QED) is 0.357. The molecule has 1 aromatic heterocycles. The molecular formula is C19H23N5O6. The second-order valence-electron chi connectivity index (χ2n) is 6.91. The zero-order valence-electron chi connectivity index (χ0n) is 16.3. The molecule has 0 bridgehead atoms. The van der Waals surface area contributed by atoms with Crippen LogP contribution < -0.4 is 15.4 Å². The molecule has 0 saturated heterocycles. The lowest BCUT2D eigenvalue weighted by Gasteiger charge is -2.17. The highest BCUT2D eigenvalue weighted by molar-refractivity contribution is 5.89. The number of nitrogens with one attached hydrogen (secondary N) is 2. The van der Waals surface area contributed by atoms with E-state index in [9.17, 15) is 19.7 Å². The van der Waals surface area contributed by atoms with Crippen LogP contribution >= 0.6 is 0 Å². The fourth-order valence-electron chi connectivity index (χ4n) is 3.23. The number of para-hydroxylation sites is 2. The van der Waals surface area contributed by atoms with Crippen LogP contribution in [0.5, 0.6) is 5.75 Å². The molecule has 30 heavy (non-hydrogen) atoms. The van der Waals surface area contributed by atoms with Crippen LogP contribution in [0.4, 0.5) is 5.69 Å². The van der Waals surface area contributed by atoms with Crippen LogP contribution in [0.2, 0.25) is 0 Å². The maximum absolute atomic E-state index is 12.1. The number of nitro groups is 1. The van der Waals surface area contributed by atoms with E-state index in [1.54, 1.807) is 6.07 Å². The predicted molar refractivity (Wildman–Crippen MR) is 104 cm³/mol. The van der Waals surface area contributed by atoms with Gasteiger partial charge in [0.2, 0.25) is 0 Å². The molecule has 3 rings (SSSR count). The van der Waals surface area contributed by atoms with Crippen molar-refractivity contribution in [2.45, 2.75) is 38.0 Å². The standard InChI is InChI=1S/C19H23N5O6/c25-16(12-29-15-9-5-4-8-14(15)24(27)28)20-10-11-21-18(26)19-22-17(23-30-19)13-6-2-1-3-7-13/h4-5,8-9,13H,1-3,6-7,10-12H2,(H,20,25)(H,21,26). The van der Waals surface area contributed by atoms with E-state index in [0.29, 0.717) is 5.82 Å². The van der Waals surface area contributed by atoms with E-state index in [0.717, 1.165) is 25.7 Å². The van der Waals surface area contributed by atoms with Crippen LogP contribution in [0, 0.1) is 10.1 Å². The molecular weight excluding hydrogens is 394 g/mol. The Bertz CT molecular complexity index is 893. The lowest BCUT2D eigenvalue weighted by molar-refractivity contribution is -0.385. The van der Waals surface area contributed by atoms with Crippen molar-refractivity contribution in [1.29, 1.82) is 0 Å². The summed E-state index contributed by atoms with van der Waals surface area (Å²) in [5.74, 6) is -0.253. The van der Waals surface area contributed by atoms with Crippen LogP contribution in [0.1, 0.15) is 54.5 Å². The van der Waals surface area contributed by atoms with Crippen LogP contribution in [0.25, 0.3) is 0 Å². The Morgan fingerprint density at radius 1 is 1.17 bits per heavy atom. The number of benzene rings is 1. The normalized spacial score (nSPS) is 14.1. The number of nitrogens with zero attached hydrogens (tertiary/aromatic N) is 3. The van der Waals surface area contributed by atoms with Gasteiger partial charge in [-0.15, -0.1) is 0 Å². The second-order valence-corrected chi connectivity index (χ2v) is 6.91. The molecule has 2 aromatic rings.